The van der Waals surface area contributed by atoms with Gasteiger partial charge in [-0.3, -0.25) is 0 Å². The molecule has 2 aromatic rings. The maximum atomic E-state index is 11.0. The summed E-state index contributed by atoms with van der Waals surface area (Å²) in [4.78, 5) is 18.6. The smallest absolute Gasteiger partial charge is 0.545 e. The van der Waals surface area contributed by atoms with Crippen molar-refractivity contribution in [2.45, 2.75) is 24.9 Å². The molecule has 0 amide bonds. The fraction of sp³-hybridized carbons (Fsp3) is 0.391. The minimum Gasteiger partial charge on any atom is -0.545 e. The molecule has 0 aromatic heterocycles. The molecule has 1 aliphatic heterocycles. The molecule has 0 bridgehead atoms. The van der Waals surface area contributed by atoms with Crippen LogP contribution in [0.4, 0.5) is 11.4 Å². The van der Waals surface area contributed by atoms with Gasteiger partial charge in [-0.15, -0.1) is 0 Å². The average Bonchev–Trinajstić information content (AvgIpc) is 2.73. The Bertz CT molecular complexity index is 870. The first-order valence-electron chi connectivity index (χ1n) is 9.82. The van der Waals surface area contributed by atoms with Crippen molar-refractivity contribution < 1.29 is 44.6 Å². The first-order valence-corrected chi connectivity index (χ1v) is 9.82. The monoisotopic (exact) mass is 415 g/mol. The third kappa shape index (κ3) is 6.56. The van der Waals surface area contributed by atoms with Gasteiger partial charge in [0.05, 0.1) is 18.1 Å². The van der Waals surface area contributed by atoms with Gasteiger partial charge in [0.2, 0.25) is 0 Å². The normalized spacial score (nSPS) is 15.6. The number of carboxylic acids is 1. The van der Waals surface area contributed by atoms with E-state index in [1.165, 1.54) is 17.7 Å². The maximum absolute atomic E-state index is 11.0. The van der Waals surface area contributed by atoms with Crippen LogP contribution in [0.5, 0.6) is 0 Å². The third-order valence-electron chi connectivity index (χ3n) is 5.64. The Morgan fingerprint density at radius 2 is 1.77 bits per heavy atom. The van der Waals surface area contributed by atoms with E-state index in [9.17, 15) is 15.0 Å². The molecule has 30 heavy (non-hydrogen) atoms. The zero-order valence-corrected chi connectivity index (χ0v) is 19.7. The molecule has 6 nitrogen and oxygen atoms in total. The Morgan fingerprint density at radius 1 is 1.17 bits per heavy atom. The number of piperidine rings is 1. The van der Waals surface area contributed by atoms with E-state index in [-0.39, 0.29) is 35.1 Å². The average molecular weight is 415 g/mol. The number of aliphatic hydroxyl groups is 1. The number of carbonyl (C=O) groups excluding carboxylic acids is 1. The predicted molar refractivity (Wildman–Crippen MR) is 111 cm³/mol. The second-order valence-electron chi connectivity index (χ2n) is 7.78. The summed E-state index contributed by atoms with van der Waals surface area (Å²) in [6, 6.07) is 14.3. The fourth-order valence-corrected chi connectivity index (χ4v) is 3.76. The molecule has 0 unspecified atom stereocenters. The quantitative estimate of drug-likeness (QED) is 0.469. The Kier molecular flexibility index (Phi) is 8.90. The van der Waals surface area contributed by atoms with Crippen molar-refractivity contribution in [1.29, 1.82) is 0 Å². The summed E-state index contributed by atoms with van der Waals surface area (Å²) in [5, 5.41) is 21.9. The number of aromatic carboxylic acids is 1. The van der Waals surface area contributed by atoms with Gasteiger partial charge in [0.15, 0.2) is 5.69 Å². The fourth-order valence-electron chi connectivity index (χ4n) is 3.76. The van der Waals surface area contributed by atoms with Gasteiger partial charge in [0.1, 0.15) is 0 Å². The van der Waals surface area contributed by atoms with Crippen molar-refractivity contribution in [2.24, 2.45) is 0 Å². The number of likely N-dealkylation sites (N-methyl/N-ethyl adjacent to an activating group) is 1. The van der Waals surface area contributed by atoms with Crippen molar-refractivity contribution in [3.05, 3.63) is 71.1 Å². The number of hydrogen-bond acceptors (Lipinski definition) is 5. The Hall–Kier alpha value is -1.88. The van der Waals surface area contributed by atoms with Crippen molar-refractivity contribution in [1.82, 2.24) is 4.90 Å². The number of benzene rings is 2. The number of carboxylic acid groups (broad SMARTS) is 1. The number of likely N-dealkylation sites (tertiary alicyclic amines) is 1. The van der Waals surface area contributed by atoms with Gasteiger partial charge in [0.25, 0.3) is 0 Å². The molecule has 1 heterocycles. The minimum absolute atomic E-state index is 0. The molecule has 0 spiro atoms. The zero-order valence-electron chi connectivity index (χ0n) is 17.7. The van der Waals surface area contributed by atoms with Crippen LogP contribution in [0.3, 0.4) is 0 Å². The van der Waals surface area contributed by atoms with Gasteiger partial charge in [-0.05, 0) is 42.5 Å². The number of anilines is 1. The summed E-state index contributed by atoms with van der Waals surface area (Å²) in [5.41, 5.74) is 2.15. The van der Waals surface area contributed by atoms with Gasteiger partial charge < -0.3 is 24.8 Å². The first-order chi connectivity index (χ1) is 13.9. The summed E-state index contributed by atoms with van der Waals surface area (Å²) in [6.07, 6.45) is 2.33. The van der Waals surface area contributed by atoms with E-state index in [0.717, 1.165) is 31.7 Å². The van der Waals surface area contributed by atoms with Crippen LogP contribution >= 0.6 is 0 Å². The number of hydrogen-bond donors (Lipinski definition) is 1. The zero-order chi connectivity index (χ0) is 20.9. The van der Waals surface area contributed by atoms with Gasteiger partial charge in [0, 0.05) is 38.9 Å². The molecular weight excluding hydrogens is 389 g/mol. The van der Waals surface area contributed by atoms with Crippen LogP contribution in [0.15, 0.2) is 48.5 Å². The van der Waals surface area contributed by atoms with Crippen molar-refractivity contribution in [2.75, 3.05) is 38.1 Å². The number of nitrogens with zero attached hydrogens (tertiary/aromatic N) is 3. The molecule has 0 radical (unpaired) electrons. The molecule has 3 rings (SSSR count). The molecule has 0 aliphatic carbocycles. The standard InChI is InChI=1S/C23H27N3O3.Na/c1-24-20-7-3-18(4-8-20)11-14-26-15-12-23(29,13-16-26)17-25(2)21-9-5-19(6-10-21)22(27)28;/h3-10,29H,11-17H2,2H3,(H,27,28);/q;+1/p-1. The molecule has 2 aromatic carbocycles. The molecule has 7 heteroatoms. The van der Waals surface area contributed by atoms with Crippen LogP contribution in [0, 0.1) is 6.57 Å². The van der Waals surface area contributed by atoms with E-state index in [2.05, 4.69) is 9.74 Å². The SMILES string of the molecule is [C-]#[N+]c1ccc(CCN2CCC(O)(CN(C)c3ccc(C(=O)[O-])cc3)CC2)cc1.[Na+]. The van der Waals surface area contributed by atoms with Crippen LogP contribution in [0.25, 0.3) is 4.85 Å². The van der Waals surface area contributed by atoms with Crippen molar-refractivity contribution >= 4 is 17.3 Å². The summed E-state index contributed by atoms with van der Waals surface area (Å²) in [6.45, 7) is 10.1. The molecule has 0 saturated carbocycles. The van der Waals surface area contributed by atoms with Crippen LogP contribution in [0.1, 0.15) is 28.8 Å². The minimum atomic E-state index is -1.19. The first kappa shape index (κ1) is 24.4. The Balaban J connectivity index is 0.00000320. The third-order valence-corrected chi connectivity index (χ3v) is 5.64. The van der Waals surface area contributed by atoms with Gasteiger partial charge >= 0.3 is 29.6 Å². The molecule has 1 fully saturated rings. The summed E-state index contributed by atoms with van der Waals surface area (Å²) in [7, 11) is 1.91. The van der Waals surface area contributed by atoms with Gasteiger partial charge in [-0.25, -0.2) is 4.85 Å². The molecular formula is C23H26N3NaO3. The van der Waals surface area contributed by atoms with Crippen LogP contribution in [0.2, 0.25) is 0 Å². The van der Waals surface area contributed by atoms with E-state index in [1.807, 2.05) is 36.2 Å². The van der Waals surface area contributed by atoms with E-state index in [0.29, 0.717) is 25.1 Å². The van der Waals surface area contributed by atoms with E-state index in [4.69, 9.17) is 6.57 Å². The largest absolute Gasteiger partial charge is 1.00 e. The van der Waals surface area contributed by atoms with E-state index >= 15 is 0 Å². The predicted octanol–water partition coefficient (Wildman–Crippen LogP) is -0.889. The molecule has 0 atom stereocenters. The Morgan fingerprint density at radius 3 is 2.30 bits per heavy atom. The van der Waals surface area contributed by atoms with Gasteiger partial charge in [-0.1, -0.05) is 36.4 Å². The number of carbonyl (C=O) groups is 1. The molecule has 1 N–H and O–H groups in total. The molecule has 1 saturated heterocycles. The van der Waals surface area contributed by atoms with Crippen LogP contribution < -0.4 is 39.6 Å². The van der Waals surface area contributed by atoms with Gasteiger partial charge in [-0.2, -0.15) is 0 Å². The summed E-state index contributed by atoms with van der Waals surface area (Å²) < 4.78 is 0. The second-order valence-corrected chi connectivity index (χ2v) is 7.78. The number of rotatable bonds is 7. The van der Waals surface area contributed by atoms with E-state index in [1.54, 1.807) is 12.1 Å². The molecule has 1 aliphatic rings. The van der Waals surface area contributed by atoms with E-state index < -0.39 is 11.6 Å². The molecule has 152 valence electrons. The topological polar surface area (TPSA) is 71.2 Å². The maximum Gasteiger partial charge on any atom is 1.00 e. The Labute approximate surface area is 200 Å². The summed E-state index contributed by atoms with van der Waals surface area (Å²) >= 11 is 0. The van der Waals surface area contributed by atoms with Crippen molar-refractivity contribution in [3.8, 4) is 0 Å². The van der Waals surface area contributed by atoms with Crippen molar-refractivity contribution in [3.63, 3.8) is 0 Å². The second kappa shape index (κ2) is 10.9. The van der Waals surface area contributed by atoms with Crippen LogP contribution in [-0.2, 0) is 6.42 Å². The summed E-state index contributed by atoms with van der Waals surface area (Å²) in [5.74, 6) is -1.19. The van der Waals surface area contributed by atoms with Crippen LogP contribution in [-0.4, -0.2) is 54.8 Å².